The van der Waals surface area contributed by atoms with Crippen LogP contribution in [0.3, 0.4) is 0 Å². The fraction of sp³-hybridized carbons (Fsp3) is 0.0800. The third-order valence-electron chi connectivity index (χ3n) is 4.95. The van der Waals surface area contributed by atoms with E-state index in [1.165, 1.54) is 0 Å². The van der Waals surface area contributed by atoms with Crippen molar-refractivity contribution in [2.75, 3.05) is 0 Å². The van der Waals surface area contributed by atoms with Crippen LogP contribution in [0, 0.1) is 0 Å². The number of hydrogen-bond acceptors (Lipinski definition) is 4. The Bertz CT molecular complexity index is 1130. The molecule has 0 spiro atoms. The van der Waals surface area contributed by atoms with Gasteiger partial charge in [-0.05, 0) is 35.4 Å². The quantitative estimate of drug-likeness (QED) is 0.478. The van der Waals surface area contributed by atoms with Gasteiger partial charge in [0.05, 0.1) is 11.4 Å². The average Bonchev–Trinajstić information content (AvgIpc) is 3.27. The molecule has 4 heteroatoms. The minimum atomic E-state index is -0.186. The maximum Gasteiger partial charge on any atom is 0.236 e. The predicted molar refractivity (Wildman–Crippen MR) is 113 cm³/mol. The summed E-state index contributed by atoms with van der Waals surface area (Å²) in [6.07, 6.45) is 1.58. The molecule has 2 atom stereocenters. The van der Waals surface area contributed by atoms with E-state index in [0.29, 0.717) is 11.6 Å². The molecular weight excluding hydrogens is 358 g/mol. The molecule has 2 aromatic carbocycles. The van der Waals surface area contributed by atoms with Crippen LogP contribution in [0.5, 0.6) is 0 Å². The van der Waals surface area contributed by atoms with Crippen LogP contribution >= 0.6 is 0 Å². The van der Waals surface area contributed by atoms with Crippen molar-refractivity contribution in [3.05, 3.63) is 120 Å². The number of hydrogen-bond donors (Lipinski definition) is 0. The Hall–Kier alpha value is -3.79. The zero-order chi connectivity index (χ0) is 19.5. The standard InChI is InChI=1S/C25H19N3O/c1-3-10-18(11-4-1)23-24(19-12-5-2-6-13-19)29-25(28-23)22-16-9-15-21(27-22)20-14-7-8-17-26-20/h1-17,23-24H/t23-,24-/m0/s1. The summed E-state index contributed by atoms with van der Waals surface area (Å²) >= 11 is 0. The zero-order valence-corrected chi connectivity index (χ0v) is 15.7. The Kier molecular flexibility index (Phi) is 4.59. The van der Waals surface area contributed by atoms with Gasteiger partial charge in [-0.15, -0.1) is 0 Å². The molecule has 0 bridgehead atoms. The average molecular weight is 377 g/mol. The van der Waals surface area contributed by atoms with Crippen LogP contribution in [-0.2, 0) is 4.74 Å². The lowest BCUT2D eigenvalue weighted by Gasteiger charge is -2.18. The van der Waals surface area contributed by atoms with Crippen molar-refractivity contribution in [3.63, 3.8) is 0 Å². The summed E-state index contributed by atoms with van der Waals surface area (Å²) in [6.45, 7) is 0. The SMILES string of the molecule is c1ccc([C@@H]2N=C(c3cccc(-c4ccccn4)n3)O[C@H]2c2ccccc2)cc1. The molecule has 140 valence electrons. The molecule has 1 aliphatic rings. The van der Waals surface area contributed by atoms with E-state index in [4.69, 9.17) is 14.7 Å². The molecule has 0 saturated carbocycles. The summed E-state index contributed by atoms with van der Waals surface area (Å²) in [7, 11) is 0. The van der Waals surface area contributed by atoms with Gasteiger partial charge in [-0.3, -0.25) is 4.98 Å². The number of benzene rings is 2. The van der Waals surface area contributed by atoms with Crippen molar-refractivity contribution < 1.29 is 4.74 Å². The van der Waals surface area contributed by atoms with Crippen molar-refractivity contribution in [3.8, 4) is 11.4 Å². The van der Waals surface area contributed by atoms with Crippen LogP contribution in [0.4, 0.5) is 0 Å². The lowest BCUT2D eigenvalue weighted by atomic mass is 9.97. The van der Waals surface area contributed by atoms with E-state index in [1.807, 2.05) is 72.8 Å². The van der Waals surface area contributed by atoms with Crippen molar-refractivity contribution in [2.45, 2.75) is 12.1 Å². The highest BCUT2D eigenvalue weighted by atomic mass is 16.5. The molecule has 0 aliphatic carbocycles. The molecule has 0 unspecified atom stereocenters. The Labute approximate surface area is 169 Å². The van der Waals surface area contributed by atoms with Crippen LogP contribution in [0.25, 0.3) is 11.4 Å². The molecule has 3 heterocycles. The molecule has 0 fully saturated rings. The summed E-state index contributed by atoms with van der Waals surface area (Å²) in [6, 6.07) is 32.0. The van der Waals surface area contributed by atoms with E-state index in [9.17, 15) is 0 Å². The van der Waals surface area contributed by atoms with Gasteiger partial charge < -0.3 is 4.74 Å². The summed E-state index contributed by atoms with van der Waals surface area (Å²) in [5, 5.41) is 0. The largest absolute Gasteiger partial charge is 0.465 e. The number of rotatable bonds is 4. The second-order valence-corrected chi connectivity index (χ2v) is 6.86. The summed E-state index contributed by atoms with van der Waals surface area (Å²) < 4.78 is 6.36. The highest BCUT2D eigenvalue weighted by molar-refractivity contribution is 5.94. The lowest BCUT2D eigenvalue weighted by molar-refractivity contribution is 0.196. The second kappa shape index (κ2) is 7.68. The molecule has 5 rings (SSSR count). The van der Waals surface area contributed by atoms with Crippen molar-refractivity contribution in [1.82, 2.24) is 9.97 Å². The second-order valence-electron chi connectivity index (χ2n) is 6.86. The topological polar surface area (TPSA) is 47.4 Å². The van der Waals surface area contributed by atoms with Gasteiger partial charge in [-0.1, -0.05) is 72.8 Å². The monoisotopic (exact) mass is 377 g/mol. The molecule has 2 aromatic heterocycles. The Balaban J connectivity index is 1.54. The first-order valence-corrected chi connectivity index (χ1v) is 9.62. The molecule has 1 aliphatic heterocycles. The van der Waals surface area contributed by atoms with E-state index in [-0.39, 0.29) is 12.1 Å². The van der Waals surface area contributed by atoms with E-state index in [2.05, 4.69) is 29.2 Å². The number of nitrogens with zero attached hydrogens (tertiary/aromatic N) is 3. The first-order valence-electron chi connectivity index (χ1n) is 9.62. The first-order chi connectivity index (χ1) is 14.4. The highest BCUT2D eigenvalue weighted by Gasteiger charge is 2.34. The van der Waals surface area contributed by atoms with E-state index in [1.54, 1.807) is 6.20 Å². The molecule has 0 radical (unpaired) electrons. The summed E-state index contributed by atoms with van der Waals surface area (Å²) in [5.41, 5.74) is 4.56. The number of aliphatic imine (C=N–C) groups is 1. The molecule has 0 N–H and O–H groups in total. The fourth-order valence-electron chi connectivity index (χ4n) is 3.54. The number of aromatic nitrogens is 2. The fourth-order valence-corrected chi connectivity index (χ4v) is 3.54. The van der Waals surface area contributed by atoms with E-state index >= 15 is 0 Å². The van der Waals surface area contributed by atoms with Gasteiger partial charge in [0, 0.05) is 6.20 Å². The third-order valence-corrected chi connectivity index (χ3v) is 4.95. The van der Waals surface area contributed by atoms with Crippen LogP contribution in [-0.4, -0.2) is 15.9 Å². The normalized spacial score (nSPS) is 18.1. The molecule has 4 nitrogen and oxygen atoms in total. The van der Waals surface area contributed by atoms with Gasteiger partial charge in [0.1, 0.15) is 11.7 Å². The Morgan fingerprint density at radius 2 is 1.24 bits per heavy atom. The predicted octanol–water partition coefficient (Wildman–Crippen LogP) is 5.40. The van der Waals surface area contributed by atoms with Gasteiger partial charge in [-0.25, -0.2) is 9.98 Å². The van der Waals surface area contributed by atoms with E-state index < -0.39 is 0 Å². The van der Waals surface area contributed by atoms with Crippen LogP contribution < -0.4 is 0 Å². The van der Waals surface area contributed by atoms with Gasteiger partial charge in [0.25, 0.3) is 0 Å². The van der Waals surface area contributed by atoms with Crippen molar-refractivity contribution in [2.24, 2.45) is 4.99 Å². The minimum Gasteiger partial charge on any atom is -0.465 e. The molecule has 4 aromatic rings. The first kappa shape index (κ1) is 17.3. The van der Waals surface area contributed by atoms with Gasteiger partial charge >= 0.3 is 0 Å². The van der Waals surface area contributed by atoms with E-state index in [0.717, 1.165) is 22.5 Å². The van der Waals surface area contributed by atoms with Crippen LogP contribution in [0.2, 0.25) is 0 Å². The third kappa shape index (κ3) is 3.52. The Morgan fingerprint density at radius 1 is 0.586 bits per heavy atom. The summed E-state index contributed by atoms with van der Waals surface area (Å²) in [4.78, 5) is 14.1. The van der Waals surface area contributed by atoms with Gasteiger partial charge in [-0.2, -0.15) is 0 Å². The highest BCUT2D eigenvalue weighted by Crippen LogP contribution is 2.40. The minimum absolute atomic E-state index is 0.117. The van der Waals surface area contributed by atoms with Crippen LogP contribution in [0.15, 0.2) is 108 Å². The Morgan fingerprint density at radius 3 is 1.97 bits per heavy atom. The molecule has 29 heavy (non-hydrogen) atoms. The lowest BCUT2D eigenvalue weighted by Crippen LogP contribution is -2.10. The smallest absolute Gasteiger partial charge is 0.236 e. The van der Waals surface area contributed by atoms with Gasteiger partial charge in [0.2, 0.25) is 5.90 Å². The molecular formula is C25H19N3O. The zero-order valence-electron chi connectivity index (χ0n) is 15.7. The number of pyridine rings is 2. The maximum absolute atomic E-state index is 6.36. The summed E-state index contributed by atoms with van der Waals surface area (Å²) in [5.74, 6) is 0.561. The molecule has 0 amide bonds. The van der Waals surface area contributed by atoms with Crippen molar-refractivity contribution >= 4 is 5.90 Å². The van der Waals surface area contributed by atoms with Crippen LogP contribution in [0.1, 0.15) is 29.0 Å². The van der Waals surface area contributed by atoms with Crippen molar-refractivity contribution in [1.29, 1.82) is 0 Å². The molecule has 0 saturated heterocycles. The number of ether oxygens (including phenoxy) is 1. The maximum atomic E-state index is 6.36. The van der Waals surface area contributed by atoms with Gasteiger partial charge in [0.15, 0.2) is 6.10 Å².